The number of nitrogens with one attached hydrogen (secondary N) is 1. The van der Waals surface area contributed by atoms with Gasteiger partial charge in [-0.2, -0.15) is 0 Å². The summed E-state index contributed by atoms with van der Waals surface area (Å²) in [6, 6.07) is 6.62. The van der Waals surface area contributed by atoms with Crippen molar-refractivity contribution in [1.82, 2.24) is 5.32 Å². The van der Waals surface area contributed by atoms with Crippen molar-refractivity contribution in [3.63, 3.8) is 0 Å². The normalized spacial score (nSPS) is 25.7. The van der Waals surface area contributed by atoms with E-state index in [-0.39, 0.29) is 12.2 Å². The van der Waals surface area contributed by atoms with Crippen LogP contribution in [0.3, 0.4) is 0 Å². The molecule has 1 aromatic rings. The van der Waals surface area contributed by atoms with Crippen molar-refractivity contribution >= 4 is 0 Å². The summed E-state index contributed by atoms with van der Waals surface area (Å²) in [5.74, 6) is 1.54. The maximum atomic E-state index is 9.95. The number of rotatable bonds is 6. The third-order valence-electron chi connectivity index (χ3n) is 4.13. The van der Waals surface area contributed by atoms with Gasteiger partial charge in [0.05, 0.1) is 13.2 Å². The predicted molar refractivity (Wildman–Crippen MR) is 77.1 cm³/mol. The average Bonchev–Trinajstić information content (AvgIpc) is 3.21. The number of methoxy groups -OCH3 is 1. The first-order valence-corrected chi connectivity index (χ1v) is 7.52. The molecule has 0 amide bonds. The molecule has 0 heterocycles. The molecule has 0 aromatic heterocycles. The number of ether oxygens (including phenoxy) is 2. The Bertz CT molecular complexity index is 459. The Labute approximate surface area is 120 Å². The lowest BCUT2D eigenvalue weighted by Crippen LogP contribution is -2.27. The van der Waals surface area contributed by atoms with Gasteiger partial charge in [0.1, 0.15) is 6.10 Å². The van der Waals surface area contributed by atoms with Gasteiger partial charge in [-0.1, -0.05) is 12.1 Å². The molecule has 4 nitrogen and oxygen atoms in total. The van der Waals surface area contributed by atoms with E-state index < -0.39 is 0 Å². The molecular weight excluding hydrogens is 254 g/mol. The lowest BCUT2D eigenvalue weighted by Gasteiger charge is -2.21. The van der Waals surface area contributed by atoms with Crippen LogP contribution < -0.4 is 14.8 Å². The Morgan fingerprint density at radius 2 is 2.10 bits per heavy atom. The molecule has 2 unspecified atom stereocenters. The van der Waals surface area contributed by atoms with Gasteiger partial charge >= 0.3 is 0 Å². The Morgan fingerprint density at radius 3 is 2.75 bits per heavy atom. The average molecular weight is 277 g/mol. The molecule has 2 atom stereocenters. The maximum Gasteiger partial charge on any atom is 0.166 e. The molecule has 20 heavy (non-hydrogen) atoms. The van der Waals surface area contributed by atoms with Crippen molar-refractivity contribution in [3.8, 4) is 11.5 Å². The van der Waals surface area contributed by atoms with Gasteiger partial charge in [0.25, 0.3) is 0 Å². The molecule has 2 aliphatic rings. The SMILES string of the molecule is COc1cccc(CNC2CC2)c1OC1CCCC1O. The minimum absolute atomic E-state index is 0.106. The van der Waals surface area contributed by atoms with Gasteiger partial charge < -0.3 is 19.9 Å². The molecule has 2 N–H and O–H groups in total. The van der Waals surface area contributed by atoms with Gasteiger partial charge in [-0.25, -0.2) is 0 Å². The second kappa shape index (κ2) is 6.02. The van der Waals surface area contributed by atoms with Crippen molar-refractivity contribution < 1.29 is 14.6 Å². The highest BCUT2D eigenvalue weighted by Crippen LogP contribution is 2.35. The summed E-state index contributed by atoms with van der Waals surface area (Å²) in [6.07, 6.45) is 4.83. The van der Waals surface area contributed by atoms with Gasteiger partial charge in [-0.05, 0) is 38.2 Å². The minimum Gasteiger partial charge on any atom is -0.493 e. The highest BCUT2D eigenvalue weighted by molar-refractivity contribution is 5.47. The summed E-state index contributed by atoms with van der Waals surface area (Å²) in [4.78, 5) is 0. The van der Waals surface area contributed by atoms with Crippen molar-refractivity contribution in [2.24, 2.45) is 0 Å². The van der Waals surface area contributed by atoms with Crippen LogP contribution in [-0.4, -0.2) is 30.5 Å². The van der Waals surface area contributed by atoms with Crippen LogP contribution in [-0.2, 0) is 6.54 Å². The zero-order valence-corrected chi connectivity index (χ0v) is 12.0. The Kier molecular flexibility index (Phi) is 4.13. The molecule has 2 saturated carbocycles. The van der Waals surface area contributed by atoms with E-state index in [2.05, 4.69) is 11.4 Å². The monoisotopic (exact) mass is 277 g/mol. The first-order chi connectivity index (χ1) is 9.78. The van der Waals surface area contributed by atoms with E-state index in [9.17, 15) is 5.11 Å². The third kappa shape index (κ3) is 3.07. The highest BCUT2D eigenvalue weighted by atomic mass is 16.5. The quantitative estimate of drug-likeness (QED) is 0.837. The molecule has 2 aliphatic carbocycles. The summed E-state index contributed by atoms with van der Waals surface area (Å²) >= 11 is 0. The molecule has 0 bridgehead atoms. The predicted octanol–water partition coefficient (Wildman–Crippen LogP) is 2.24. The van der Waals surface area contributed by atoms with Crippen LogP contribution in [0.2, 0.25) is 0 Å². The van der Waals surface area contributed by atoms with Crippen LogP contribution in [0.5, 0.6) is 11.5 Å². The molecular formula is C16H23NO3. The first-order valence-electron chi connectivity index (χ1n) is 7.52. The molecule has 0 aliphatic heterocycles. The van der Waals surface area contributed by atoms with E-state index in [4.69, 9.17) is 9.47 Å². The van der Waals surface area contributed by atoms with E-state index >= 15 is 0 Å². The highest BCUT2D eigenvalue weighted by Gasteiger charge is 2.29. The van der Waals surface area contributed by atoms with Crippen molar-refractivity contribution in [1.29, 1.82) is 0 Å². The molecule has 110 valence electrons. The number of para-hydroxylation sites is 1. The van der Waals surface area contributed by atoms with Crippen LogP contribution in [0.1, 0.15) is 37.7 Å². The van der Waals surface area contributed by atoms with Gasteiger partial charge in [-0.3, -0.25) is 0 Å². The van der Waals surface area contributed by atoms with Gasteiger partial charge in [0.15, 0.2) is 11.5 Å². The second-order valence-corrected chi connectivity index (χ2v) is 5.76. The minimum atomic E-state index is -0.357. The van der Waals surface area contributed by atoms with Crippen molar-refractivity contribution in [3.05, 3.63) is 23.8 Å². The molecule has 3 rings (SSSR count). The van der Waals surface area contributed by atoms with E-state index in [1.165, 1.54) is 12.8 Å². The van der Waals surface area contributed by atoms with Crippen molar-refractivity contribution in [2.45, 2.75) is 56.9 Å². The molecule has 1 aromatic carbocycles. The van der Waals surface area contributed by atoms with Gasteiger partial charge in [-0.15, -0.1) is 0 Å². The smallest absolute Gasteiger partial charge is 0.166 e. The number of hydrogen-bond acceptors (Lipinski definition) is 4. The topological polar surface area (TPSA) is 50.7 Å². The Balaban J connectivity index is 1.77. The zero-order chi connectivity index (χ0) is 13.9. The summed E-state index contributed by atoms with van der Waals surface area (Å²) < 4.78 is 11.5. The lowest BCUT2D eigenvalue weighted by molar-refractivity contribution is 0.0579. The van der Waals surface area contributed by atoms with Crippen LogP contribution in [0.15, 0.2) is 18.2 Å². The second-order valence-electron chi connectivity index (χ2n) is 5.76. The fraction of sp³-hybridized carbons (Fsp3) is 0.625. The Morgan fingerprint density at radius 1 is 1.25 bits per heavy atom. The van der Waals surface area contributed by atoms with Crippen LogP contribution in [0, 0.1) is 0 Å². The van der Waals surface area contributed by atoms with E-state index in [0.717, 1.165) is 42.9 Å². The summed E-state index contributed by atoms with van der Waals surface area (Å²) in [6.45, 7) is 0.792. The molecule has 0 saturated heterocycles. The van der Waals surface area contributed by atoms with Crippen LogP contribution in [0.4, 0.5) is 0 Å². The van der Waals surface area contributed by atoms with Crippen LogP contribution >= 0.6 is 0 Å². The van der Waals surface area contributed by atoms with E-state index in [1.54, 1.807) is 7.11 Å². The van der Waals surface area contributed by atoms with Crippen molar-refractivity contribution in [2.75, 3.05) is 7.11 Å². The fourth-order valence-corrected chi connectivity index (χ4v) is 2.73. The summed E-state index contributed by atoms with van der Waals surface area (Å²) in [5, 5.41) is 13.5. The first kappa shape index (κ1) is 13.7. The molecule has 4 heteroatoms. The molecule has 2 fully saturated rings. The zero-order valence-electron chi connectivity index (χ0n) is 12.0. The summed E-state index contributed by atoms with van der Waals surface area (Å²) in [7, 11) is 1.66. The summed E-state index contributed by atoms with van der Waals surface area (Å²) in [5.41, 5.74) is 1.11. The van der Waals surface area contributed by atoms with Gasteiger partial charge in [0, 0.05) is 18.2 Å². The number of aliphatic hydroxyl groups excluding tert-OH is 1. The maximum absolute atomic E-state index is 9.95. The number of aliphatic hydroxyl groups is 1. The van der Waals surface area contributed by atoms with Gasteiger partial charge in [0.2, 0.25) is 0 Å². The fourth-order valence-electron chi connectivity index (χ4n) is 2.73. The Hall–Kier alpha value is -1.26. The molecule has 0 spiro atoms. The standard InChI is InChI=1S/C16H23NO3/c1-19-15-7-2-4-11(10-17-12-8-9-12)16(15)20-14-6-3-5-13(14)18/h2,4,7,12-14,17-18H,3,5-6,8-10H2,1H3. The van der Waals surface area contributed by atoms with Crippen LogP contribution in [0.25, 0.3) is 0 Å². The largest absolute Gasteiger partial charge is 0.493 e. The lowest BCUT2D eigenvalue weighted by atomic mass is 10.1. The molecule has 0 radical (unpaired) electrons. The number of hydrogen-bond donors (Lipinski definition) is 2. The van der Waals surface area contributed by atoms with E-state index in [0.29, 0.717) is 6.04 Å². The third-order valence-corrected chi connectivity index (χ3v) is 4.13. The van der Waals surface area contributed by atoms with E-state index in [1.807, 2.05) is 12.1 Å². The number of benzene rings is 1.